The molecule has 2 aromatic rings. The maximum absolute atomic E-state index is 12.5. The normalized spacial score (nSPS) is 15.0. The zero-order valence-corrected chi connectivity index (χ0v) is 13.4. The summed E-state index contributed by atoms with van der Waals surface area (Å²) in [6.07, 6.45) is 1.79. The highest BCUT2D eigenvalue weighted by atomic mass is 35.5. The molecule has 0 aromatic heterocycles. The third-order valence-electron chi connectivity index (χ3n) is 3.78. The summed E-state index contributed by atoms with van der Waals surface area (Å²) in [6.45, 7) is 1.25. The lowest BCUT2D eigenvalue weighted by Gasteiger charge is -2.20. The Bertz CT molecular complexity index is 847. The lowest BCUT2D eigenvalue weighted by atomic mass is 10.1. The van der Waals surface area contributed by atoms with Crippen LogP contribution in [-0.4, -0.2) is 25.7 Å². The van der Waals surface area contributed by atoms with Gasteiger partial charge in [0.25, 0.3) is 5.91 Å². The van der Waals surface area contributed by atoms with Gasteiger partial charge in [0, 0.05) is 22.3 Å². The number of carbonyl (C=O) groups excluding carboxylic acids is 1. The summed E-state index contributed by atoms with van der Waals surface area (Å²) in [6, 6.07) is 10.6. The second kappa shape index (κ2) is 6.09. The summed E-state index contributed by atoms with van der Waals surface area (Å²) in [5.41, 5.74) is 1.96. The van der Waals surface area contributed by atoms with Crippen molar-refractivity contribution in [3.05, 3.63) is 52.6 Å². The van der Waals surface area contributed by atoms with Gasteiger partial charge in [-0.15, -0.1) is 0 Å². The fraction of sp³-hybridized carbons (Fsp3) is 0.167. The minimum Gasteiger partial charge on any atom is -0.488 e. The van der Waals surface area contributed by atoms with Crippen LogP contribution in [0.2, 0.25) is 5.02 Å². The molecule has 0 atom stereocenters. The fourth-order valence-electron chi connectivity index (χ4n) is 2.61. The van der Waals surface area contributed by atoms with Gasteiger partial charge in [-0.05, 0) is 36.4 Å². The molecular formula is C18H14ClNO4. The molecule has 2 aliphatic heterocycles. The fourth-order valence-corrected chi connectivity index (χ4v) is 2.79. The molecule has 24 heavy (non-hydrogen) atoms. The number of hydrogen-bond donors (Lipinski definition) is 1. The average molecular weight is 344 g/mol. The molecule has 0 spiro atoms. The first-order valence-corrected chi connectivity index (χ1v) is 7.91. The van der Waals surface area contributed by atoms with Gasteiger partial charge in [-0.25, -0.2) is 0 Å². The van der Waals surface area contributed by atoms with Crippen LogP contribution in [-0.2, 0) is 4.79 Å². The molecule has 2 aliphatic rings. The van der Waals surface area contributed by atoms with E-state index < -0.39 is 0 Å². The van der Waals surface area contributed by atoms with E-state index in [4.69, 9.17) is 25.8 Å². The zero-order valence-electron chi connectivity index (χ0n) is 12.7. The van der Waals surface area contributed by atoms with E-state index in [0.29, 0.717) is 41.0 Å². The monoisotopic (exact) mass is 343 g/mol. The molecule has 1 N–H and O–H groups in total. The first kappa shape index (κ1) is 14.9. The summed E-state index contributed by atoms with van der Waals surface area (Å²) < 4.78 is 16.6. The van der Waals surface area contributed by atoms with Gasteiger partial charge in [0.15, 0.2) is 11.5 Å². The van der Waals surface area contributed by atoms with Crippen LogP contribution in [0, 0.1) is 0 Å². The Labute approximate surface area is 143 Å². The largest absolute Gasteiger partial charge is 0.488 e. The molecule has 0 saturated carbocycles. The number of carbonyl (C=O) groups is 1. The zero-order chi connectivity index (χ0) is 16.5. The van der Waals surface area contributed by atoms with Gasteiger partial charge in [-0.3, -0.25) is 4.79 Å². The molecule has 0 saturated heterocycles. The number of anilines is 1. The van der Waals surface area contributed by atoms with Crippen LogP contribution < -0.4 is 19.5 Å². The van der Waals surface area contributed by atoms with Crippen molar-refractivity contribution in [2.75, 3.05) is 25.1 Å². The van der Waals surface area contributed by atoms with E-state index in [-0.39, 0.29) is 12.5 Å². The van der Waals surface area contributed by atoms with E-state index >= 15 is 0 Å². The average Bonchev–Trinajstić information content (AvgIpc) is 2.61. The third-order valence-corrected chi connectivity index (χ3v) is 4.01. The smallest absolute Gasteiger partial charge is 0.255 e. The van der Waals surface area contributed by atoms with Crippen LogP contribution in [0.15, 0.2) is 42.0 Å². The molecule has 0 fully saturated rings. The van der Waals surface area contributed by atoms with Gasteiger partial charge >= 0.3 is 0 Å². The SMILES string of the molecule is O=C(Nc1ccc2c(c1)OCCO2)C1=Cc2cc(Cl)ccc2OC1. The molecule has 2 aromatic carbocycles. The van der Waals surface area contributed by atoms with E-state index in [1.807, 2.05) is 0 Å². The molecule has 0 unspecified atom stereocenters. The lowest BCUT2D eigenvalue weighted by Crippen LogP contribution is -2.21. The summed E-state index contributed by atoms with van der Waals surface area (Å²) in [5, 5.41) is 3.45. The maximum atomic E-state index is 12.5. The molecule has 5 nitrogen and oxygen atoms in total. The Morgan fingerprint density at radius 1 is 0.958 bits per heavy atom. The molecule has 1 amide bonds. The summed E-state index contributed by atoms with van der Waals surface area (Å²) in [7, 11) is 0. The van der Waals surface area contributed by atoms with Crippen molar-refractivity contribution < 1.29 is 19.0 Å². The first-order valence-electron chi connectivity index (χ1n) is 7.53. The molecule has 0 bridgehead atoms. The van der Waals surface area contributed by atoms with Gasteiger partial charge in [0.1, 0.15) is 25.6 Å². The van der Waals surface area contributed by atoms with Crippen LogP contribution in [0.4, 0.5) is 5.69 Å². The Balaban J connectivity index is 1.54. The second-order valence-electron chi connectivity index (χ2n) is 5.45. The van der Waals surface area contributed by atoms with Crippen molar-refractivity contribution in [2.45, 2.75) is 0 Å². The van der Waals surface area contributed by atoms with E-state index in [0.717, 1.165) is 11.3 Å². The van der Waals surface area contributed by atoms with Crippen LogP contribution in [0.25, 0.3) is 6.08 Å². The van der Waals surface area contributed by atoms with E-state index in [9.17, 15) is 4.79 Å². The number of hydrogen-bond acceptors (Lipinski definition) is 4. The topological polar surface area (TPSA) is 56.8 Å². The predicted molar refractivity (Wildman–Crippen MR) is 91.0 cm³/mol. The summed E-state index contributed by atoms with van der Waals surface area (Å²) in [5.74, 6) is 1.81. The van der Waals surface area contributed by atoms with E-state index in [1.165, 1.54) is 0 Å². The van der Waals surface area contributed by atoms with Gasteiger partial charge in [-0.1, -0.05) is 11.6 Å². The predicted octanol–water partition coefficient (Wildman–Crippen LogP) is 3.53. The molecule has 0 radical (unpaired) electrons. The Hall–Kier alpha value is -2.66. The van der Waals surface area contributed by atoms with Crippen molar-refractivity contribution >= 4 is 29.3 Å². The van der Waals surface area contributed by atoms with Crippen molar-refractivity contribution in [1.82, 2.24) is 0 Å². The van der Waals surface area contributed by atoms with Crippen LogP contribution >= 0.6 is 11.6 Å². The molecule has 4 rings (SSSR count). The minimum atomic E-state index is -0.225. The molecule has 6 heteroatoms. The summed E-state index contributed by atoms with van der Waals surface area (Å²) >= 11 is 5.99. The number of nitrogens with one attached hydrogen (secondary N) is 1. The second-order valence-corrected chi connectivity index (χ2v) is 5.89. The summed E-state index contributed by atoms with van der Waals surface area (Å²) in [4.78, 5) is 12.5. The van der Waals surface area contributed by atoms with Crippen molar-refractivity contribution in [1.29, 1.82) is 0 Å². The van der Waals surface area contributed by atoms with Gasteiger partial charge in [0.05, 0.1) is 5.57 Å². The number of amides is 1. The quantitative estimate of drug-likeness (QED) is 0.906. The van der Waals surface area contributed by atoms with Crippen LogP contribution in [0.5, 0.6) is 17.2 Å². The van der Waals surface area contributed by atoms with Gasteiger partial charge < -0.3 is 19.5 Å². The number of halogens is 1. The molecular weight excluding hydrogens is 330 g/mol. The van der Waals surface area contributed by atoms with E-state index in [2.05, 4.69) is 5.32 Å². The molecule has 0 aliphatic carbocycles. The highest BCUT2D eigenvalue weighted by molar-refractivity contribution is 6.30. The minimum absolute atomic E-state index is 0.213. The number of fused-ring (bicyclic) bond motifs is 2. The number of ether oxygens (including phenoxy) is 3. The number of benzene rings is 2. The molecule has 2 heterocycles. The standard InChI is InChI=1S/C18H14ClNO4/c19-13-1-3-15-11(8-13)7-12(10-24-15)18(21)20-14-2-4-16-17(9-14)23-6-5-22-16/h1-4,7-9H,5-6,10H2,(H,20,21). The number of rotatable bonds is 2. The maximum Gasteiger partial charge on any atom is 0.255 e. The third kappa shape index (κ3) is 2.90. The Morgan fingerprint density at radius 2 is 1.75 bits per heavy atom. The highest BCUT2D eigenvalue weighted by Crippen LogP contribution is 2.33. The molecule has 122 valence electrons. The van der Waals surface area contributed by atoms with Gasteiger partial charge in [-0.2, -0.15) is 0 Å². The Morgan fingerprint density at radius 3 is 2.62 bits per heavy atom. The lowest BCUT2D eigenvalue weighted by molar-refractivity contribution is -0.113. The van der Waals surface area contributed by atoms with E-state index in [1.54, 1.807) is 42.5 Å². The van der Waals surface area contributed by atoms with Crippen molar-refractivity contribution in [3.8, 4) is 17.2 Å². The highest BCUT2D eigenvalue weighted by Gasteiger charge is 2.19. The van der Waals surface area contributed by atoms with Gasteiger partial charge in [0.2, 0.25) is 0 Å². The van der Waals surface area contributed by atoms with Crippen LogP contribution in [0.3, 0.4) is 0 Å². The Kier molecular flexibility index (Phi) is 3.78. The van der Waals surface area contributed by atoms with Crippen LogP contribution in [0.1, 0.15) is 5.56 Å². The van der Waals surface area contributed by atoms with Crippen molar-refractivity contribution in [3.63, 3.8) is 0 Å². The first-order chi connectivity index (χ1) is 11.7. The van der Waals surface area contributed by atoms with Crippen molar-refractivity contribution in [2.24, 2.45) is 0 Å².